The minimum Gasteiger partial charge on any atom is -0.124 e. The molecule has 0 aliphatic heterocycles. The molecule has 0 spiro atoms. The van der Waals surface area contributed by atoms with Gasteiger partial charge in [-0.1, -0.05) is 0 Å². The lowest BCUT2D eigenvalue weighted by Gasteiger charge is -1.93. The smallest absolute Gasteiger partial charge is 0.124 e. The molecule has 0 aliphatic carbocycles. The Morgan fingerprint density at radius 1 is 0.429 bits per heavy atom. The third kappa shape index (κ3) is 0.840. The second-order valence-corrected chi connectivity index (χ2v) is 2.30. The maximum atomic E-state index is 3.71. The average Bonchev–Trinajstić information content (AvgIpc) is 2.29. The van der Waals surface area contributed by atoms with Crippen molar-refractivity contribution in [2.45, 2.75) is 0 Å². The van der Waals surface area contributed by atoms with Crippen molar-refractivity contribution < 1.29 is 0 Å². The van der Waals surface area contributed by atoms with Crippen LogP contribution in [0.1, 0.15) is 0 Å². The average molecular weight is 188 g/mol. The number of hydrogen-bond acceptors (Lipinski definition) is 10. The number of hydrogen-bond donors (Lipinski definition) is 0. The van der Waals surface area contributed by atoms with Crippen LogP contribution in [-0.4, -0.2) is 51.4 Å². The zero-order valence-corrected chi connectivity index (χ0v) is 6.47. The highest BCUT2D eigenvalue weighted by Gasteiger charge is 2.08. The van der Waals surface area contributed by atoms with Gasteiger partial charge in [-0.3, -0.25) is 0 Å². The second kappa shape index (κ2) is 2.48. The van der Waals surface area contributed by atoms with Gasteiger partial charge in [0.25, 0.3) is 0 Å². The van der Waals surface area contributed by atoms with Gasteiger partial charge in [-0.25, -0.2) is 0 Å². The quantitative estimate of drug-likeness (QED) is 0.363. The van der Waals surface area contributed by atoms with Crippen LogP contribution in [0.15, 0.2) is 0 Å². The Bertz CT molecular complexity index is 551. The highest BCUT2D eigenvalue weighted by molar-refractivity contribution is 5.93. The fourth-order valence-electron chi connectivity index (χ4n) is 0.974. The van der Waals surface area contributed by atoms with Gasteiger partial charge in [0.05, 0.1) is 0 Å². The summed E-state index contributed by atoms with van der Waals surface area (Å²) in [6, 6.07) is 0. The van der Waals surface area contributed by atoms with E-state index in [2.05, 4.69) is 51.4 Å². The van der Waals surface area contributed by atoms with Crippen molar-refractivity contribution in [3.8, 4) is 0 Å². The summed E-state index contributed by atoms with van der Waals surface area (Å²) < 4.78 is 0. The van der Waals surface area contributed by atoms with Crippen molar-refractivity contribution in [1.82, 2.24) is 51.4 Å². The molecule has 0 aromatic carbocycles. The molecule has 3 heterocycles. The zero-order valence-electron chi connectivity index (χ0n) is 6.47. The fourth-order valence-corrected chi connectivity index (χ4v) is 0.974. The van der Waals surface area contributed by atoms with E-state index in [1.54, 1.807) is 0 Å². The van der Waals surface area contributed by atoms with Crippen LogP contribution in [0.2, 0.25) is 0 Å². The summed E-state index contributed by atoms with van der Waals surface area (Å²) in [7, 11) is 0. The first-order valence-electron chi connectivity index (χ1n) is 3.49. The summed E-state index contributed by atoms with van der Waals surface area (Å²) in [5.74, 6) is 0. The highest BCUT2D eigenvalue weighted by atomic mass is 15.5. The van der Waals surface area contributed by atoms with Crippen LogP contribution in [0, 0.1) is 0 Å². The van der Waals surface area contributed by atoms with Crippen LogP contribution in [0.3, 0.4) is 0 Å². The molecule has 10 nitrogen and oxygen atoms in total. The summed E-state index contributed by atoms with van der Waals surface area (Å²) in [6.45, 7) is 0. The van der Waals surface area contributed by atoms with Crippen molar-refractivity contribution in [3.05, 3.63) is 0 Å². The summed E-state index contributed by atoms with van der Waals surface area (Å²) in [5.41, 5.74) is 1.20. The van der Waals surface area contributed by atoms with Crippen LogP contribution in [0.5, 0.6) is 0 Å². The van der Waals surface area contributed by atoms with Crippen molar-refractivity contribution in [2.75, 3.05) is 0 Å². The van der Waals surface area contributed by atoms with Gasteiger partial charge in [0, 0.05) is 0 Å². The lowest BCUT2D eigenvalue weighted by Crippen LogP contribution is -2.02. The van der Waals surface area contributed by atoms with Crippen LogP contribution in [0.25, 0.3) is 22.3 Å². The number of nitrogens with zero attached hydrogens (tertiary/aromatic N) is 10. The van der Waals surface area contributed by atoms with E-state index in [-0.39, 0.29) is 11.3 Å². The van der Waals surface area contributed by atoms with Gasteiger partial charge in [-0.2, -0.15) is 0 Å². The van der Waals surface area contributed by atoms with Crippen LogP contribution in [0.4, 0.5) is 0 Å². The Morgan fingerprint density at radius 3 is 1.36 bits per heavy atom. The first-order chi connectivity index (χ1) is 6.95. The van der Waals surface area contributed by atoms with Gasteiger partial charge in [0.1, 0.15) is 0 Å². The Hall–Kier alpha value is -2.52. The first-order valence-corrected chi connectivity index (χ1v) is 3.49. The van der Waals surface area contributed by atoms with E-state index in [9.17, 15) is 0 Å². The van der Waals surface area contributed by atoms with Gasteiger partial charge >= 0.3 is 0 Å². The fraction of sp³-hybridized carbons (Fsp3) is 0. The molecule has 0 amide bonds. The predicted octanol–water partition coefficient (Wildman–Crippen LogP) is -2.06. The van der Waals surface area contributed by atoms with E-state index >= 15 is 0 Å². The van der Waals surface area contributed by atoms with Crippen LogP contribution in [-0.2, 0) is 0 Å². The molecule has 66 valence electrons. The molecule has 3 rings (SSSR count). The maximum Gasteiger partial charge on any atom is 0.228 e. The summed E-state index contributed by atoms with van der Waals surface area (Å²) in [4.78, 5) is 0. The molecule has 0 saturated carbocycles. The van der Waals surface area contributed by atoms with Crippen molar-refractivity contribution in [2.24, 2.45) is 0 Å². The molecule has 10 heteroatoms. The van der Waals surface area contributed by atoms with E-state index in [0.29, 0.717) is 11.0 Å². The lowest BCUT2D eigenvalue weighted by molar-refractivity contribution is 0.764. The van der Waals surface area contributed by atoms with E-state index in [0.717, 1.165) is 0 Å². The monoisotopic (exact) mass is 188 g/mol. The molecule has 0 radical (unpaired) electrons. The second-order valence-electron chi connectivity index (χ2n) is 2.30. The zero-order chi connectivity index (χ0) is 9.38. The predicted molar refractivity (Wildman–Crippen MR) is 39.4 cm³/mol. The Balaban J connectivity index is 2.61. The van der Waals surface area contributed by atoms with Crippen molar-refractivity contribution in [1.29, 1.82) is 0 Å². The summed E-state index contributed by atoms with van der Waals surface area (Å²) in [6.07, 6.45) is 0. The number of rotatable bonds is 0. The standard InChI is InChI=1S/C4N10/c5-1-2-4(10-14-12-6-2)8-7-3(1)9-13-11-5. The van der Waals surface area contributed by atoms with Crippen LogP contribution < -0.4 is 0 Å². The van der Waals surface area contributed by atoms with E-state index in [1.165, 1.54) is 0 Å². The van der Waals surface area contributed by atoms with Gasteiger partial charge in [0.2, 0.25) is 11.3 Å². The lowest BCUT2D eigenvalue weighted by atomic mass is 10.4. The maximum absolute atomic E-state index is 3.71. The Morgan fingerprint density at radius 2 is 0.857 bits per heavy atom. The SMILES string of the molecule is n1nnc2c(n1)nnc1nnnnc12. The number of fused-ring (bicyclic) bond motifs is 3. The molecule has 0 bridgehead atoms. The third-order valence-electron chi connectivity index (χ3n) is 1.54. The van der Waals surface area contributed by atoms with E-state index < -0.39 is 0 Å². The molecular formula is C4N10. The van der Waals surface area contributed by atoms with Gasteiger partial charge in [-0.05, 0) is 20.9 Å². The van der Waals surface area contributed by atoms with E-state index in [1.807, 2.05) is 0 Å². The van der Waals surface area contributed by atoms with Gasteiger partial charge < -0.3 is 0 Å². The molecule has 0 unspecified atom stereocenters. The largest absolute Gasteiger partial charge is 0.228 e. The molecule has 0 fully saturated rings. The van der Waals surface area contributed by atoms with Crippen molar-refractivity contribution >= 4 is 22.3 Å². The molecule has 0 saturated heterocycles. The molecule has 0 N–H and O–H groups in total. The Labute approximate surface area is 74.8 Å². The first kappa shape index (κ1) is 6.94. The summed E-state index contributed by atoms with van der Waals surface area (Å²) in [5, 5.41) is 35.5. The van der Waals surface area contributed by atoms with Gasteiger partial charge in [-0.15, -0.1) is 30.6 Å². The normalized spacial score (nSPS) is 10.9. The summed E-state index contributed by atoms with van der Waals surface area (Å²) >= 11 is 0. The molecule has 0 atom stereocenters. The van der Waals surface area contributed by atoms with Gasteiger partial charge in [0.15, 0.2) is 11.0 Å². The topological polar surface area (TPSA) is 129 Å². The molecule has 0 aliphatic rings. The molecule has 14 heavy (non-hydrogen) atoms. The van der Waals surface area contributed by atoms with E-state index in [4.69, 9.17) is 0 Å². The molecular weight excluding hydrogens is 188 g/mol. The highest BCUT2D eigenvalue weighted by Crippen LogP contribution is 2.09. The molecule has 3 aromatic rings. The minimum absolute atomic E-state index is 0.245. The Kier molecular flexibility index (Phi) is 1.23. The molecule has 3 aromatic heterocycles. The third-order valence-corrected chi connectivity index (χ3v) is 1.54. The minimum atomic E-state index is 0.245. The number of aromatic nitrogens is 10. The van der Waals surface area contributed by atoms with Crippen molar-refractivity contribution in [3.63, 3.8) is 0 Å². The van der Waals surface area contributed by atoms with Crippen LogP contribution >= 0.6 is 0 Å².